The van der Waals surface area contributed by atoms with Crippen LogP contribution in [0.25, 0.3) is 15.8 Å². The zero-order valence-electron chi connectivity index (χ0n) is 10.0. The standard InChI is InChI=1S/C15H15ClN/c1-17(2)10-9-15(16)14-8-7-12-5-3-4-6-13(12)11-14/h3-11H,1-2H3/q+1/b15-9-. The summed E-state index contributed by atoms with van der Waals surface area (Å²) < 4.78 is 1.96. The van der Waals surface area contributed by atoms with Crippen LogP contribution in [0.15, 0.2) is 48.5 Å². The Labute approximate surface area is 107 Å². The molecule has 0 aromatic heterocycles. The van der Waals surface area contributed by atoms with Crippen molar-refractivity contribution in [2.45, 2.75) is 0 Å². The van der Waals surface area contributed by atoms with Crippen molar-refractivity contribution in [2.24, 2.45) is 0 Å². The molecular formula is C15H15ClN+. The Balaban J connectivity index is 2.43. The molecular weight excluding hydrogens is 230 g/mol. The summed E-state index contributed by atoms with van der Waals surface area (Å²) in [5.74, 6) is 0. The molecule has 2 aromatic carbocycles. The number of hydrogen-bond donors (Lipinski definition) is 0. The first-order valence-corrected chi connectivity index (χ1v) is 5.91. The van der Waals surface area contributed by atoms with E-state index in [1.165, 1.54) is 10.8 Å². The molecule has 0 spiro atoms. The smallest absolute Gasteiger partial charge is 0.164 e. The van der Waals surface area contributed by atoms with E-state index < -0.39 is 0 Å². The van der Waals surface area contributed by atoms with Gasteiger partial charge in [-0.3, -0.25) is 0 Å². The SMILES string of the molecule is C[N+](C)=C/C=C(\Cl)c1ccc2ccccc2c1. The van der Waals surface area contributed by atoms with E-state index in [4.69, 9.17) is 11.6 Å². The lowest BCUT2D eigenvalue weighted by Crippen LogP contribution is -1.95. The van der Waals surface area contributed by atoms with Gasteiger partial charge in [0.05, 0.1) is 5.03 Å². The fourth-order valence-corrected chi connectivity index (χ4v) is 1.82. The molecule has 0 aliphatic rings. The van der Waals surface area contributed by atoms with Gasteiger partial charge in [0.25, 0.3) is 0 Å². The molecule has 17 heavy (non-hydrogen) atoms. The third kappa shape index (κ3) is 2.95. The lowest BCUT2D eigenvalue weighted by molar-refractivity contribution is -0.458. The number of halogens is 1. The molecule has 2 aromatic rings. The molecule has 0 radical (unpaired) electrons. The van der Waals surface area contributed by atoms with Gasteiger partial charge >= 0.3 is 0 Å². The molecule has 0 aliphatic carbocycles. The van der Waals surface area contributed by atoms with Crippen LogP contribution in [-0.4, -0.2) is 24.9 Å². The van der Waals surface area contributed by atoms with E-state index in [1.807, 2.05) is 49.2 Å². The minimum absolute atomic E-state index is 0.754. The summed E-state index contributed by atoms with van der Waals surface area (Å²) in [6, 6.07) is 14.5. The van der Waals surface area contributed by atoms with E-state index in [-0.39, 0.29) is 0 Å². The van der Waals surface area contributed by atoms with Crippen molar-refractivity contribution < 1.29 is 4.58 Å². The van der Waals surface area contributed by atoms with Crippen molar-refractivity contribution in [3.63, 3.8) is 0 Å². The lowest BCUT2D eigenvalue weighted by Gasteiger charge is -2.01. The fraction of sp³-hybridized carbons (Fsp3) is 0.133. The van der Waals surface area contributed by atoms with Crippen molar-refractivity contribution in [3.05, 3.63) is 54.1 Å². The fourth-order valence-electron chi connectivity index (χ4n) is 1.65. The number of allylic oxidation sites excluding steroid dienone is 1. The van der Waals surface area contributed by atoms with Gasteiger partial charge < -0.3 is 0 Å². The molecule has 1 nitrogen and oxygen atoms in total. The second kappa shape index (κ2) is 5.15. The van der Waals surface area contributed by atoms with Gasteiger partial charge in [0, 0.05) is 6.08 Å². The number of benzene rings is 2. The molecule has 86 valence electrons. The van der Waals surface area contributed by atoms with Crippen LogP contribution in [-0.2, 0) is 0 Å². The summed E-state index contributed by atoms with van der Waals surface area (Å²) in [6.45, 7) is 0. The van der Waals surface area contributed by atoms with Crippen LogP contribution >= 0.6 is 11.6 Å². The zero-order valence-corrected chi connectivity index (χ0v) is 10.8. The third-order valence-electron chi connectivity index (χ3n) is 2.54. The second-order valence-corrected chi connectivity index (χ2v) is 4.60. The summed E-state index contributed by atoms with van der Waals surface area (Å²) in [4.78, 5) is 0. The lowest BCUT2D eigenvalue weighted by atomic mass is 10.1. The van der Waals surface area contributed by atoms with Crippen molar-refractivity contribution in [1.82, 2.24) is 0 Å². The van der Waals surface area contributed by atoms with E-state index in [1.54, 1.807) is 0 Å². The van der Waals surface area contributed by atoms with Gasteiger partial charge in [0.2, 0.25) is 0 Å². The minimum Gasteiger partial charge on any atom is -0.241 e. The highest BCUT2D eigenvalue weighted by atomic mass is 35.5. The van der Waals surface area contributed by atoms with Crippen LogP contribution in [0.2, 0.25) is 0 Å². The summed E-state index contributed by atoms with van der Waals surface area (Å²) in [5.41, 5.74) is 1.04. The van der Waals surface area contributed by atoms with E-state index in [0.29, 0.717) is 0 Å². The van der Waals surface area contributed by atoms with Gasteiger partial charge in [-0.15, -0.1) is 0 Å². The van der Waals surface area contributed by atoms with Gasteiger partial charge in [-0.1, -0.05) is 48.0 Å². The molecule has 2 rings (SSSR count). The predicted molar refractivity (Wildman–Crippen MR) is 76.0 cm³/mol. The van der Waals surface area contributed by atoms with E-state index in [2.05, 4.69) is 24.3 Å². The third-order valence-corrected chi connectivity index (χ3v) is 2.89. The monoisotopic (exact) mass is 244 g/mol. The van der Waals surface area contributed by atoms with Gasteiger partial charge in [-0.05, 0) is 22.4 Å². The molecule has 0 atom stereocenters. The maximum Gasteiger partial charge on any atom is 0.164 e. The van der Waals surface area contributed by atoms with Crippen molar-refractivity contribution in [3.8, 4) is 0 Å². The first-order chi connectivity index (χ1) is 8.16. The van der Waals surface area contributed by atoms with Crippen LogP contribution in [0, 0.1) is 0 Å². The molecule has 0 bridgehead atoms. The molecule has 0 N–H and O–H groups in total. The predicted octanol–water partition coefficient (Wildman–Crippen LogP) is 3.76. The quantitative estimate of drug-likeness (QED) is 0.559. The maximum absolute atomic E-state index is 6.25. The first kappa shape index (κ1) is 11.9. The topological polar surface area (TPSA) is 3.01 Å². The summed E-state index contributed by atoms with van der Waals surface area (Å²) in [5, 5.41) is 3.20. The molecule has 0 unspecified atom stereocenters. The van der Waals surface area contributed by atoms with E-state index >= 15 is 0 Å². The molecule has 0 aliphatic heterocycles. The molecule has 0 heterocycles. The van der Waals surface area contributed by atoms with E-state index in [0.717, 1.165) is 10.6 Å². The number of rotatable bonds is 2. The highest BCUT2D eigenvalue weighted by Gasteiger charge is 1.99. The van der Waals surface area contributed by atoms with Crippen LogP contribution < -0.4 is 0 Å². The Morgan fingerprint density at radius 2 is 1.76 bits per heavy atom. The highest BCUT2D eigenvalue weighted by molar-refractivity contribution is 6.49. The number of nitrogens with zero attached hydrogens (tertiary/aromatic N) is 1. The van der Waals surface area contributed by atoms with Gasteiger partial charge in [0.15, 0.2) is 6.21 Å². The Morgan fingerprint density at radius 3 is 2.47 bits per heavy atom. The van der Waals surface area contributed by atoms with Crippen molar-refractivity contribution in [2.75, 3.05) is 14.1 Å². The average molecular weight is 245 g/mol. The van der Waals surface area contributed by atoms with Crippen molar-refractivity contribution >= 4 is 33.6 Å². The highest BCUT2D eigenvalue weighted by Crippen LogP contribution is 2.23. The number of hydrogen-bond acceptors (Lipinski definition) is 0. The summed E-state index contributed by atoms with van der Waals surface area (Å²) >= 11 is 6.25. The molecule has 0 amide bonds. The normalized spacial score (nSPS) is 11.6. The summed E-state index contributed by atoms with van der Waals surface area (Å²) in [7, 11) is 3.95. The van der Waals surface area contributed by atoms with Gasteiger partial charge in [0.1, 0.15) is 14.1 Å². The molecule has 2 heteroatoms. The first-order valence-electron chi connectivity index (χ1n) is 5.53. The van der Waals surface area contributed by atoms with Crippen LogP contribution in [0.3, 0.4) is 0 Å². The van der Waals surface area contributed by atoms with Crippen molar-refractivity contribution in [1.29, 1.82) is 0 Å². The maximum atomic E-state index is 6.25. The number of fused-ring (bicyclic) bond motifs is 1. The largest absolute Gasteiger partial charge is 0.241 e. The Bertz CT molecular complexity index is 593. The van der Waals surface area contributed by atoms with Crippen LogP contribution in [0.5, 0.6) is 0 Å². The van der Waals surface area contributed by atoms with Gasteiger partial charge in [-0.25, -0.2) is 4.58 Å². The Morgan fingerprint density at radius 1 is 1.06 bits per heavy atom. The average Bonchev–Trinajstić information content (AvgIpc) is 2.35. The second-order valence-electron chi connectivity index (χ2n) is 4.19. The molecule has 0 saturated heterocycles. The van der Waals surface area contributed by atoms with E-state index in [9.17, 15) is 0 Å². The van der Waals surface area contributed by atoms with Crippen LogP contribution in [0.1, 0.15) is 5.56 Å². The van der Waals surface area contributed by atoms with Gasteiger partial charge in [-0.2, -0.15) is 0 Å². The van der Waals surface area contributed by atoms with Crippen LogP contribution in [0.4, 0.5) is 0 Å². The zero-order chi connectivity index (χ0) is 12.3. The Kier molecular flexibility index (Phi) is 3.60. The Hall–Kier alpha value is -1.60. The minimum atomic E-state index is 0.754. The molecule has 0 fully saturated rings. The summed E-state index contributed by atoms with van der Waals surface area (Å²) in [6.07, 6.45) is 3.85. The molecule has 0 saturated carbocycles.